The topological polar surface area (TPSA) is 85.0 Å². The molecule has 0 aromatic carbocycles. The number of hydrogen-bond donors (Lipinski definition) is 0. The molecule has 0 amide bonds. The fraction of sp³-hybridized carbons (Fsp3) is 0.800. The Kier molecular flexibility index (Phi) is 7.53. The fourth-order valence-electron chi connectivity index (χ4n) is 1.20. The second-order valence-electron chi connectivity index (χ2n) is 3.38. The zero-order valence-electron chi connectivity index (χ0n) is 9.52. The summed E-state index contributed by atoms with van der Waals surface area (Å²) in [4.78, 5) is 0. The summed E-state index contributed by atoms with van der Waals surface area (Å²) < 4.78 is 24.9. The lowest BCUT2D eigenvalue weighted by atomic mass is 10.4. The van der Waals surface area contributed by atoms with Crippen molar-refractivity contribution in [3.8, 4) is 12.1 Å². The van der Waals surface area contributed by atoms with Crippen LogP contribution in [0, 0.1) is 22.7 Å². The van der Waals surface area contributed by atoms with Crippen LogP contribution in [0.5, 0.6) is 0 Å². The number of nitriles is 2. The van der Waals surface area contributed by atoms with E-state index in [1.54, 1.807) is 0 Å². The maximum absolute atomic E-state index is 11.8. The lowest BCUT2D eigenvalue weighted by Gasteiger charge is -2.19. The second kappa shape index (κ2) is 8.09. The Morgan fingerprint density at radius 1 is 1.12 bits per heavy atom. The Morgan fingerprint density at radius 3 is 2.00 bits per heavy atom. The van der Waals surface area contributed by atoms with Crippen molar-refractivity contribution in [3.63, 3.8) is 0 Å². The summed E-state index contributed by atoms with van der Waals surface area (Å²) in [6.45, 7) is 2.29. The van der Waals surface area contributed by atoms with Gasteiger partial charge in [0.15, 0.2) is 0 Å². The molecule has 0 heterocycles. The van der Waals surface area contributed by atoms with Gasteiger partial charge in [-0.1, -0.05) is 13.3 Å². The molecule has 0 aromatic heterocycles. The molecule has 0 radical (unpaired) electrons. The van der Waals surface area contributed by atoms with E-state index in [0.29, 0.717) is 6.42 Å². The Hall–Kier alpha value is -1.11. The summed E-state index contributed by atoms with van der Waals surface area (Å²) >= 11 is 0. The predicted octanol–water partition coefficient (Wildman–Crippen LogP) is 1.25. The largest absolute Gasteiger partial charge is 0.214 e. The van der Waals surface area contributed by atoms with Crippen LogP contribution in [0.2, 0.25) is 0 Å². The van der Waals surface area contributed by atoms with Crippen LogP contribution in [0.1, 0.15) is 32.6 Å². The molecule has 90 valence electrons. The molecule has 0 saturated heterocycles. The highest BCUT2D eigenvalue weighted by molar-refractivity contribution is 7.89. The van der Waals surface area contributed by atoms with Crippen LogP contribution in [0.25, 0.3) is 0 Å². The van der Waals surface area contributed by atoms with Crippen LogP contribution >= 0.6 is 0 Å². The third kappa shape index (κ3) is 5.69. The quantitative estimate of drug-likeness (QED) is 0.642. The summed E-state index contributed by atoms with van der Waals surface area (Å²) in [6, 6.07) is 3.83. The van der Waals surface area contributed by atoms with Gasteiger partial charge in [0.1, 0.15) is 0 Å². The van der Waals surface area contributed by atoms with Gasteiger partial charge in [0, 0.05) is 25.9 Å². The van der Waals surface area contributed by atoms with Crippen molar-refractivity contribution in [1.29, 1.82) is 10.5 Å². The minimum atomic E-state index is -3.30. The normalized spacial score (nSPS) is 11.0. The molecule has 0 fully saturated rings. The van der Waals surface area contributed by atoms with Crippen LogP contribution in [-0.2, 0) is 10.0 Å². The van der Waals surface area contributed by atoms with E-state index in [1.165, 1.54) is 4.31 Å². The minimum Gasteiger partial charge on any atom is -0.212 e. The van der Waals surface area contributed by atoms with Gasteiger partial charge in [0.05, 0.1) is 17.9 Å². The molecule has 0 aliphatic heterocycles. The van der Waals surface area contributed by atoms with Crippen molar-refractivity contribution in [1.82, 2.24) is 4.31 Å². The van der Waals surface area contributed by atoms with Gasteiger partial charge in [-0.2, -0.15) is 14.8 Å². The molecule has 0 aromatic rings. The first-order valence-electron chi connectivity index (χ1n) is 5.30. The monoisotopic (exact) mass is 243 g/mol. The fourth-order valence-corrected chi connectivity index (χ4v) is 2.85. The zero-order valence-corrected chi connectivity index (χ0v) is 10.3. The number of rotatable bonds is 8. The Labute approximate surface area is 97.3 Å². The average molecular weight is 243 g/mol. The van der Waals surface area contributed by atoms with Gasteiger partial charge in [0.25, 0.3) is 0 Å². The third-order valence-electron chi connectivity index (χ3n) is 2.10. The summed E-state index contributed by atoms with van der Waals surface area (Å²) in [5.74, 6) is 0.0976. The van der Waals surface area contributed by atoms with E-state index < -0.39 is 10.0 Å². The van der Waals surface area contributed by atoms with E-state index in [9.17, 15) is 8.42 Å². The first kappa shape index (κ1) is 14.9. The summed E-state index contributed by atoms with van der Waals surface area (Å²) in [6.07, 6.45) is 1.75. The molecule has 0 N–H and O–H groups in total. The van der Waals surface area contributed by atoms with Crippen LogP contribution < -0.4 is 0 Å². The van der Waals surface area contributed by atoms with Gasteiger partial charge in [0.2, 0.25) is 10.0 Å². The smallest absolute Gasteiger partial charge is 0.212 e. The lowest BCUT2D eigenvalue weighted by molar-refractivity contribution is 0.424. The SMILES string of the molecule is CCCCS(=O)(=O)N(CCC#N)CCC#N. The molecular formula is C10H17N3O2S. The second-order valence-corrected chi connectivity index (χ2v) is 5.47. The molecule has 0 aliphatic carbocycles. The number of hydrogen-bond acceptors (Lipinski definition) is 4. The van der Waals surface area contributed by atoms with E-state index in [-0.39, 0.29) is 31.7 Å². The van der Waals surface area contributed by atoms with E-state index >= 15 is 0 Å². The maximum atomic E-state index is 11.8. The minimum absolute atomic E-state index is 0.0976. The molecule has 5 nitrogen and oxygen atoms in total. The van der Waals surface area contributed by atoms with Crippen molar-refractivity contribution < 1.29 is 8.42 Å². The molecule has 0 rings (SSSR count). The molecule has 16 heavy (non-hydrogen) atoms. The molecule has 0 bridgehead atoms. The Bertz CT molecular complexity index is 347. The van der Waals surface area contributed by atoms with Crippen LogP contribution in [0.3, 0.4) is 0 Å². The first-order valence-corrected chi connectivity index (χ1v) is 6.91. The van der Waals surface area contributed by atoms with Gasteiger partial charge < -0.3 is 0 Å². The van der Waals surface area contributed by atoms with Crippen LogP contribution in [-0.4, -0.2) is 31.6 Å². The molecule has 0 spiro atoms. The highest BCUT2D eigenvalue weighted by Gasteiger charge is 2.20. The molecule has 0 atom stereocenters. The van der Waals surface area contributed by atoms with E-state index in [0.717, 1.165) is 6.42 Å². The lowest BCUT2D eigenvalue weighted by Crippen LogP contribution is -2.34. The standard InChI is InChI=1S/C10H17N3O2S/c1-2-3-10-16(14,15)13(8-4-6-11)9-5-7-12/h2-5,8-10H2,1H3. The number of nitrogens with zero attached hydrogens (tertiary/aromatic N) is 3. The Balaban J connectivity index is 4.48. The average Bonchev–Trinajstić information content (AvgIpc) is 2.26. The van der Waals surface area contributed by atoms with Crippen molar-refractivity contribution in [2.24, 2.45) is 0 Å². The van der Waals surface area contributed by atoms with Crippen molar-refractivity contribution in [2.45, 2.75) is 32.6 Å². The van der Waals surface area contributed by atoms with Gasteiger partial charge in [-0.25, -0.2) is 8.42 Å². The van der Waals surface area contributed by atoms with Crippen molar-refractivity contribution in [2.75, 3.05) is 18.8 Å². The number of sulfonamides is 1. The summed E-state index contributed by atoms with van der Waals surface area (Å²) in [5, 5.41) is 16.9. The molecule has 0 aliphatic rings. The van der Waals surface area contributed by atoms with Crippen LogP contribution in [0.15, 0.2) is 0 Å². The summed E-state index contributed by atoms with van der Waals surface area (Å²) in [7, 11) is -3.30. The Morgan fingerprint density at radius 2 is 1.62 bits per heavy atom. The van der Waals surface area contributed by atoms with Crippen molar-refractivity contribution >= 4 is 10.0 Å². The highest BCUT2D eigenvalue weighted by atomic mass is 32.2. The van der Waals surface area contributed by atoms with Gasteiger partial charge in [-0.05, 0) is 6.42 Å². The highest BCUT2D eigenvalue weighted by Crippen LogP contribution is 2.06. The van der Waals surface area contributed by atoms with Gasteiger partial charge in [-0.15, -0.1) is 0 Å². The van der Waals surface area contributed by atoms with E-state index in [1.807, 2.05) is 19.1 Å². The van der Waals surface area contributed by atoms with E-state index in [2.05, 4.69) is 0 Å². The molecule has 0 unspecified atom stereocenters. The third-order valence-corrected chi connectivity index (χ3v) is 4.05. The molecule has 0 saturated carbocycles. The van der Waals surface area contributed by atoms with Crippen molar-refractivity contribution in [3.05, 3.63) is 0 Å². The molecular weight excluding hydrogens is 226 g/mol. The first-order chi connectivity index (χ1) is 7.58. The zero-order chi connectivity index (χ0) is 12.4. The van der Waals surface area contributed by atoms with Gasteiger partial charge in [-0.3, -0.25) is 0 Å². The predicted molar refractivity (Wildman–Crippen MR) is 60.7 cm³/mol. The van der Waals surface area contributed by atoms with E-state index in [4.69, 9.17) is 10.5 Å². The number of unbranched alkanes of at least 4 members (excludes halogenated alkanes) is 1. The maximum Gasteiger partial charge on any atom is 0.214 e. The summed E-state index contributed by atoms with van der Waals surface area (Å²) in [5.41, 5.74) is 0. The molecule has 6 heteroatoms. The van der Waals surface area contributed by atoms with Gasteiger partial charge >= 0.3 is 0 Å². The van der Waals surface area contributed by atoms with Crippen LogP contribution in [0.4, 0.5) is 0 Å².